The number of nitrogens with zero attached hydrogens (tertiary/aromatic N) is 1. The summed E-state index contributed by atoms with van der Waals surface area (Å²) in [5, 5.41) is 1.90. The molecule has 0 spiro atoms. The van der Waals surface area contributed by atoms with E-state index < -0.39 is 0 Å². The van der Waals surface area contributed by atoms with Crippen LogP contribution in [-0.4, -0.2) is 23.9 Å². The number of carbonyl (C=O) groups excluding carboxylic acids is 1. The van der Waals surface area contributed by atoms with Crippen LogP contribution in [0.5, 0.6) is 0 Å². The van der Waals surface area contributed by atoms with Crippen molar-refractivity contribution >= 4 is 29.9 Å². The molecule has 1 atom stereocenters. The topological polar surface area (TPSA) is 20.3 Å². The maximum atomic E-state index is 12.1. The lowest BCUT2D eigenvalue weighted by molar-refractivity contribution is 0.0745. The fraction of sp³-hybridized carbons (Fsp3) is 0.583. The first-order valence-electron chi connectivity index (χ1n) is 5.65. The molecule has 0 aliphatic heterocycles. The second-order valence-corrected chi connectivity index (χ2v) is 5.45. The highest BCUT2D eigenvalue weighted by Crippen LogP contribution is 2.20. The van der Waals surface area contributed by atoms with Crippen LogP contribution in [0.2, 0.25) is 0 Å². The van der Waals surface area contributed by atoms with Gasteiger partial charge in [-0.3, -0.25) is 4.79 Å². The van der Waals surface area contributed by atoms with Crippen molar-refractivity contribution in [2.45, 2.75) is 32.1 Å². The van der Waals surface area contributed by atoms with Crippen molar-refractivity contribution in [1.29, 1.82) is 0 Å². The van der Waals surface area contributed by atoms with E-state index in [2.05, 4.69) is 26.5 Å². The average molecular weight is 257 g/mol. The summed E-state index contributed by atoms with van der Waals surface area (Å²) < 4.78 is 0. The molecule has 1 heterocycles. The quantitative estimate of drug-likeness (QED) is 0.800. The number of thiophene rings is 1. The van der Waals surface area contributed by atoms with E-state index in [4.69, 9.17) is 0 Å². The molecule has 0 fully saturated rings. The number of hydrogen-bond acceptors (Lipinski definition) is 3. The zero-order valence-electron chi connectivity index (χ0n) is 10.1. The number of amides is 1. The molecule has 1 rings (SSSR count). The van der Waals surface area contributed by atoms with Crippen molar-refractivity contribution in [3.8, 4) is 0 Å². The molecular weight excluding hydrogens is 238 g/mol. The molecule has 0 N–H and O–H groups in total. The Bertz CT molecular complexity index is 349. The van der Waals surface area contributed by atoms with Crippen molar-refractivity contribution in [2.24, 2.45) is 5.92 Å². The molecule has 0 bridgehead atoms. The van der Waals surface area contributed by atoms with E-state index in [0.717, 1.165) is 29.3 Å². The van der Waals surface area contributed by atoms with Crippen molar-refractivity contribution < 1.29 is 4.79 Å². The van der Waals surface area contributed by atoms with Gasteiger partial charge in [0.15, 0.2) is 0 Å². The van der Waals surface area contributed by atoms with Gasteiger partial charge in [-0.25, -0.2) is 0 Å². The van der Waals surface area contributed by atoms with Crippen molar-refractivity contribution in [1.82, 2.24) is 4.90 Å². The maximum Gasteiger partial charge on any atom is 0.263 e. The van der Waals surface area contributed by atoms with Gasteiger partial charge >= 0.3 is 0 Å². The highest BCUT2D eigenvalue weighted by atomic mass is 32.1. The van der Waals surface area contributed by atoms with E-state index >= 15 is 0 Å². The molecule has 0 radical (unpaired) electrons. The third-order valence-electron chi connectivity index (χ3n) is 2.69. The SMILES string of the molecule is CCC(C)CN(CC)C(=O)c1cc(S)cs1. The Labute approximate surface area is 107 Å². The van der Waals surface area contributed by atoms with Crippen LogP contribution in [0.4, 0.5) is 0 Å². The highest BCUT2D eigenvalue weighted by Gasteiger charge is 2.17. The molecule has 0 aliphatic rings. The van der Waals surface area contributed by atoms with Gasteiger partial charge in [-0.05, 0) is 18.9 Å². The van der Waals surface area contributed by atoms with Gasteiger partial charge in [0.05, 0.1) is 4.88 Å². The molecule has 1 amide bonds. The molecule has 1 aromatic rings. The molecule has 90 valence electrons. The normalized spacial score (nSPS) is 12.5. The molecular formula is C12H19NOS2. The van der Waals surface area contributed by atoms with E-state index in [9.17, 15) is 4.79 Å². The van der Waals surface area contributed by atoms with Gasteiger partial charge in [0.25, 0.3) is 5.91 Å². The minimum atomic E-state index is 0.133. The minimum absolute atomic E-state index is 0.133. The van der Waals surface area contributed by atoms with E-state index in [1.165, 1.54) is 11.3 Å². The van der Waals surface area contributed by atoms with Gasteiger partial charge in [-0.2, -0.15) is 0 Å². The molecule has 1 unspecified atom stereocenters. The van der Waals surface area contributed by atoms with Gasteiger partial charge in [-0.1, -0.05) is 20.3 Å². The number of hydrogen-bond donors (Lipinski definition) is 1. The Balaban J connectivity index is 2.69. The van der Waals surface area contributed by atoms with Crippen LogP contribution >= 0.6 is 24.0 Å². The fourth-order valence-electron chi connectivity index (χ4n) is 1.46. The minimum Gasteiger partial charge on any atom is -0.338 e. The van der Waals surface area contributed by atoms with Crippen LogP contribution < -0.4 is 0 Å². The Morgan fingerprint density at radius 3 is 2.69 bits per heavy atom. The highest BCUT2D eigenvalue weighted by molar-refractivity contribution is 7.80. The second-order valence-electron chi connectivity index (χ2n) is 4.03. The molecule has 1 aromatic heterocycles. The molecule has 0 aromatic carbocycles. The van der Waals surface area contributed by atoms with Crippen LogP contribution in [0.15, 0.2) is 16.3 Å². The summed E-state index contributed by atoms with van der Waals surface area (Å²) in [4.78, 5) is 15.7. The lowest BCUT2D eigenvalue weighted by Crippen LogP contribution is -2.34. The lowest BCUT2D eigenvalue weighted by Gasteiger charge is -2.23. The third kappa shape index (κ3) is 3.52. The summed E-state index contributed by atoms with van der Waals surface area (Å²) in [6.07, 6.45) is 1.10. The predicted molar refractivity (Wildman–Crippen MR) is 72.6 cm³/mol. The molecule has 0 saturated carbocycles. The van der Waals surface area contributed by atoms with E-state index in [-0.39, 0.29) is 5.91 Å². The van der Waals surface area contributed by atoms with E-state index in [1.807, 2.05) is 23.3 Å². The standard InChI is InChI=1S/C12H19NOS2/c1-4-9(3)7-13(5-2)12(14)11-6-10(15)8-16-11/h6,8-9,15H,4-5,7H2,1-3H3. The maximum absolute atomic E-state index is 12.1. The first-order chi connectivity index (χ1) is 7.58. The zero-order valence-corrected chi connectivity index (χ0v) is 11.8. The first-order valence-corrected chi connectivity index (χ1v) is 6.97. The zero-order chi connectivity index (χ0) is 12.1. The summed E-state index contributed by atoms with van der Waals surface area (Å²) in [6.45, 7) is 7.96. The monoisotopic (exact) mass is 257 g/mol. The molecule has 16 heavy (non-hydrogen) atoms. The average Bonchev–Trinajstić information content (AvgIpc) is 2.71. The second kappa shape index (κ2) is 6.30. The first kappa shape index (κ1) is 13.6. The molecule has 4 heteroatoms. The molecule has 0 aliphatic carbocycles. The van der Waals surface area contributed by atoms with Gasteiger partial charge in [0.1, 0.15) is 0 Å². The number of rotatable bonds is 5. The summed E-state index contributed by atoms with van der Waals surface area (Å²) >= 11 is 5.69. The Morgan fingerprint density at radius 2 is 2.25 bits per heavy atom. The molecule has 0 saturated heterocycles. The van der Waals surface area contributed by atoms with Crippen LogP contribution in [-0.2, 0) is 0 Å². The summed E-state index contributed by atoms with van der Waals surface area (Å²) in [6, 6.07) is 1.84. The summed E-state index contributed by atoms with van der Waals surface area (Å²) in [5.41, 5.74) is 0. The van der Waals surface area contributed by atoms with Crippen molar-refractivity contribution in [3.63, 3.8) is 0 Å². The van der Waals surface area contributed by atoms with Gasteiger partial charge < -0.3 is 4.90 Å². The fourth-order valence-corrected chi connectivity index (χ4v) is 2.57. The summed E-state index contributed by atoms with van der Waals surface area (Å²) in [5.74, 6) is 0.687. The van der Waals surface area contributed by atoms with Crippen LogP contribution in [0.25, 0.3) is 0 Å². The van der Waals surface area contributed by atoms with Crippen LogP contribution in [0.1, 0.15) is 36.9 Å². The number of thiol groups is 1. The Morgan fingerprint density at radius 1 is 1.56 bits per heavy atom. The van der Waals surface area contributed by atoms with Crippen LogP contribution in [0.3, 0.4) is 0 Å². The third-order valence-corrected chi connectivity index (χ3v) is 4.05. The van der Waals surface area contributed by atoms with E-state index in [0.29, 0.717) is 5.92 Å². The van der Waals surface area contributed by atoms with Gasteiger partial charge in [0.2, 0.25) is 0 Å². The van der Waals surface area contributed by atoms with Crippen molar-refractivity contribution in [3.05, 3.63) is 16.3 Å². The Hall–Kier alpha value is -0.480. The van der Waals surface area contributed by atoms with Gasteiger partial charge in [0, 0.05) is 23.4 Å². The van der Waals surface area contributed by atoms with Crippen LogP contribution in [0, 0.1) is 5.92 Å². The predicted octanol–water partition coefficient (Wildman–Crippen LogP) is 3.55. The van der Waals surface area contributed by atoms with Crippen molar-refractivity contribution in [2.75, 3.05) is 13.1 Å². The Kier molecular flexibility index (Phi) is 5.35. The largest absolute Gasteiger partial charge is 0.338 e. The smallest absolute Gasteiger partial charge is 0.263 e. The lowest BCUT2D eigenvalue weighted by atomic mass is 10.1. The summed E-state index contributed by atoms with van der Waals surface area (Å²) in [7, 11) is 0. The molecule has 2 nitrogen and oxygen atoms in total. The van der Waals surface area contributed by atoms with E-state index in [1.54, 1.807) is 0 Å². The van der Waals surface area contributed by atoms with Gasteiger partial charge in [-0.15, -0.1) is 24.0 Å². The number of carbonyl (C=O) groups is 1.